The lowest BCUT2D eigenvalue weighted by Crippen LogP contribution is -2.28. The van der Waals surface area contributed by atoms with Crippen molar-refractivity contribution < 1.29 is 9.47 Å². The predicted molar refractivity (Wildman–Crippen MR) is 159 cm³/mol. The standard InChI is InChI=1S/C34H34O2Si/c1-23-9-7-11-27(21-23)31-32(28-12-8-10-24(2)22-28)34(26-15-19-30(36-4)20-16-26)37(5,6)33(31)25-13-17-29(35-3)18-14-25/h7-22H,1-6H3. The molecule has 4 aromatic carbocycles. The van der Waals surface area contributed by atoms with Crippen LogP contribution in [0.3, 0.4) is 0 Å². The third-order valence-corrected chi connectivity index (χ3v) is 10.9. The SMILES string of the molecule is COc1ccc(C2=C(c3cccc(C)c3)C(c3cccc(C)c3)=C(c3ccc(OC)cc3)[Si]2(C)C)cc1. The normalized spacial score (nSPS) is 14.8. The first-order chi connectivity index (χ1) is 17.8. The van der Waals surface area contributed by atoms with E-state index in [-0.39, 0.29) is 0 Å². The lowest BCUT2D eigenvalue weighted by molar-refractivity contribution is 0.414. The van der Waals surface area contributed by atoms with E-state index in [2.05, 4.69) is 124 Å². The lowest BCUT2D eigenvalue weighted by atomic mass is 9.88. The number of allylic oxidation sites excluding steroid dienone is 2. The summed E-state index contributed by atoms with van der Waals surface area (Å²) in [6.45, 7) is 9.33. The van der Waals surface area contributed by atoms with Crippen LogP contribution in [-0.4, -0.2) is 22.3 Å². The van der Waals surface area contributed by atoms with Crippen LogP contribution in [-0.2, 0) is 0 Å². The van der Waals surface area contributed by atoms with Gasteiger partial charge in [-0.25, -0.2) is 0 Å². The largest absolute Gasteiger partial charge is 0.497 e. The van der Waals surface area contributed by atoms with Gasteiger partial charge in [-0.3, -0.25) is 0 Å². The summed E-state index contributed by atoms with van der Waals surface area (Å²) in [6.07, 6.45) is 0. The molecule has 0 unspecified atom stereocenters. The average molecular weight is 503 g/mol. The fraction of sp³-hybridized carbons (Fsp3) is 0.176. The van der Waals surface area contributed by atoms with Crippen molar-refractivity contribution in [2.75, 3.05) is 14.2 Å². The molecule has 0 bridgehead atoms. The molecule has 37 heavy (non-hydrogen) atoms. The van der Waals surface area contributed by atoms with Crippen molar-refractivity contribution in [3.05, 3.63) is 130 Å². The first-order valence-electron chi connectivity index (χ1n) is 12.8. The number of methoxy groups -OCH3 is 2. The van der Waals surface area contributed by atoms with Gasteiger partial charge in [-0.1, -0.05) is 97.0 Å². The fourth-order valence-corrected chi connectivity index (χ4v) is 9.52. The van der Waals surface area contributed by atoms with Crippen molar-refractivity contribution in [3.63, 3.8) is 0 Å². The van der Waals surface area contributed by atoms with Gasteiger partial charge in [-0.2, -0.15) is 0 Å². The van der Waals surface area contributed by atoms with E-state index in [0.717, 1.165) is 11.5 Å². The Morgan fingerprint density at radius 1 is 0.486 bits per heavy atom. The molecule has 0 aliphatic carbocycles. The maximum absolute atomic E-state index is 5.50. The summed E-state index contributed by atoms with van der Waals surface area (Å²) in [7, 11) is 1.26. The number of hydrogen-bond donors (Lipinski definition) is 0. The predicted octanol–water partition coefficient (Wildman–Crippen LogP) is 8.64. The van der Waals surface area contributed by atoms with Gasteiger partial charge in [0.05, 0.1) is 14.2 Å². The summed E-state index contributed by atoms with van der Waals surface area (Å²) in [5.74, 6) is 1.75. The van der Waals surface area contributed by atoms with Crippen LogP contribution >= 0.6 is 0 Å². The summed E-state index contributed by atoms with van der Waals surface area (Å²) < 4.78 is 11.0. The molecule has 0 radical (unpaired) electrons. The minimum absolute atomic E-state index is 0.876. The van der Waals surface area contributed by atoms with Crippen molar-refractivity contribution in [2.24, 2.45) is 0 Å². The first-order valence-corrected chi connectivity index (χ1v) is 15.8. The van der Waals surface area contributed by atoms with Crippen LogP contribution in [0.1, 0.15) is 33.4 Å². The summed E-state index contributed by atoms with van der Waals surface area (Å²) >= 11 is 0. The van der Waals surface area contributed by atoms with Gasteiger partial charge in [0.2, 0.25) is 0 Å². The Balaban J connectivity index is 1.89. The van der Waals surface area contributed by atoms with Gasteiger partial charge in [0, 0.05) is 0 Å². The van der Waals surface area contributed by atoms with E-state index < -0.39 is 8.07 Å². The quantitative estimate of drug-likeness (QED) is 0.246. The Kier molecular flexibility index (Phi) is 6.66. The van der Waals surface area contributed by atoms with Crippen molar-refractivity contribution >= 4 is 29.6 Å². The van der Waals surface area contributed by atoms with Crippen molar-refractivity contribution in [1.29, 1.82) is 0 Å². The van der Waals surface area contributed by atoms with Gasteiger partial charge in [-0.15, -0.1) is 0 Å². The molecule has 0 aromatic heterocycles. The highest BCUT2D eigenvalue weighted by atomic mass is 28.3. The Labute approximate surface area is 221 Å². The van der Waals surface area contributed by atoms with E-state index >= 15 is 0 Å². The summed E-state index contributed by atoms with van der Waals surface area (Å²) in [6, 6.07) is 35.1. The first kappa shape index (κ1) is 24.9. The molecule has 1 heterocycles. The second kappa shape index (κ2) is 9.91. The van der Waals surface area contributed by atoms with Crippen LogP contribution in [0.2, 0.25) is 13.1 Å². The van der Waals surface area contributed by atoms with Gasteiger partial charge in [-0.05, 0) is 81.9 Å². The molecule has 186 valence electrons. The molecular formula is C34H34O2Si. The molecule has 3 heteroatoms. The van der Waals surface area contributed by atoms with Gasteiger partial charge >= 0.3 is 0 Å². The van der Waals surface area contributed by atoms with Gasteiger partial charge in [0.25, 0.3) is 0 Å². The number of rotatable bonds is 6. The van der Waals surface area contributed by atoms with Gasteiger partial charge in [0.1, 0.15) is 19.6 Å². The van der Waals surface area contributed by atoms with Crippen LogP contribution in [0.25, 0.3) is 21.5 Å². The number of hydrogen-bond acceptors (Lipinski definition) is 2. The van der Waals surface area contributed by atoms with Crippen LogP contribution in [0.5, 0.6) is 11.5 Å². The lowest BCUT2D eigenvalue weighted by Gasteiger charge is -2.26. The van der Waals surface area contributed by atoms with E-state index in [1.54, 1.807) is 14.2 Å². The Morgan fingerprint density at radius 3 is 1.19 bits per heavy atom. The number of ether oxygens (including phenoxy) is 2. The second-order valence-electron chi connectivity index (χ2n) is 10.3. The molecule has 2 nitrogen and oxygen atoms in total. The van der Waals surface area contributed by atoms with Gasteiger partial charge in [0.15, 0.2) is 0 Å². The summed E-state index contributed by atoms with van der Waals surface area (Å²) in [4.78, 5) is 0. The monoisotopic (exact) mass is 502 g/mol. The highest BCUT2D eigenvalue weighted by Crippen LogP contribution is 2.55. The molecule has 0 fully saturated rings. The summed E-state index contributed by atoms with van der Waals surface area (Å²) in [5.41, 5.74) is 10.3. The van der Waals surface area contributed by atoms with Crippen LogP contribution in [0, 0.1) is 13.8 Å². The zero-order chi connectivity index (χ0) is 26.2. The molecular weight excluding hydrogens is 468 g/mol. The molecule has 0 N–H and O–H groups in total. The minimum atomic E-state index is -2.18. The van der Waals surface area contributed by atoms with E-state index in [1.807, 2.05) is 0 Å². The van der Waals surface area contributed by atoms with Crippen LogP contribution in [0.4, 0.5) is 0 Å². The van der Waals surface area contributed by atoms with Crippen LogP contribution < -0.4 is 9.47 Å². The summed E-state index contributed by atoms with van der Waals surface area (Å²) in [5, 5.41) is 2.92. The Bertz CT molecular complexity index is 1390. The molecule has 0 spiro atoms. The third-order valence-electron chi connectivity index (χ3n) is 7.37. The average Bonchev–Trinajstić information content (AvgIpc) is 3.16. The van der Waals surface area contributed by atoms with E-state index in [0.29, 0.717) is 0 Å². The Hall–Kier alpha value is -3.82. The molecule has 0 saturated carbocycles. The number of aryl methyl sites for hydroxylation is 2. The highest BCUT2D eigenvalue weighted by Gasteiger charge is 2.43. The number of benzene rings is 4. The zero-order valence-corrected chi connectivity index (χ0v) is 23.6. The van der Waals surface area contributed by atoms with E-state index in [1.165, 1.54) is 54.9 Å². The molecule has 0 amide bonds. The van der Waals surface area contributed by atoms with Crippen molar-refractivity contribution in [3.8, 4) is 11.5 Å². The molecule has 0 saturated heterocycles. The Morgan fingerprint density at radius 2 is 0.865 bits per heavy atom. The van der Waals surface area contributed by atoms with E-state index in [4.69, 9.17) is 9.47 Å². The highest BCUT2D eigenvalue weighted by molar-refractivity contribution is 7.13. The van der Waals surface area contributed by atoms with E-state index in [9.17, 15) is 0 Å². The van der Waals surface area contributed by atoms with Gasteiger partial charge < -0.3 is 9.47 Å². The second-order valence-corrected chi connectivity index (χ2v) is 14.6. The third kappa shape index (κ3) is 4.56. The van der Waals surface area contributed by atoms with Crippen LogP contribution in [0.15, 0.2) is 97.1 Å². The topological polar surface area (TPSA) is 18.5 Å². The smallest absolute Gasteiger partial charge is 0.118 e. The molecule has 1 aliphatic heterocycles. The molecule has 4 aromatic rings. The maximum Gasteiger partial charge on any atom is 0.118 e. The maximum atomic E-state index is 5.50. The molecule has 5 rings (SSSR count). The van der Waals surface area contributed by atoms with Crippen molar-refractivity contribution in [1.82, 2.24) is 0 Å². The van der Waals surface area contributed by atoms with Crippen molar-refractivity contribution in [2.45, 2.75) is 26.9 Å². The minimum Gasteiger partial charge on any atom is -0.497 e. The molecule has 0 atom stereocenters. The zero-order valence-electron chi connectivity index (χ0n) is 22.6. The molecule has 1 aliphatic rings. The fourth-order valence-electron chi connectivity index (χ4n) is 5.70.